The number of benzene rings is 2. The highest BCUT2D eigenvalue weighted by Gasteiger charge is 2.23. The predicted molar refractivity (Wildman–Crippen MR) is 87.7 cm³/mol. The zero-order valence-corrected chi connectivity index (χ0v) is 13.9. The number of nitrogens with one attached hydrogen (secondary N) is 1. The van der Waals surface area contributed by atoms with Crippen LogP contribution in [0.3, 0.4) is 0 Å². The van der Waals surface area contributed by atoms with Gasteiger partial charge < -0.3 is 0 Å². The first-order valence-electron chi connectivity index (χ1n) is 7.04. The van der Waals surface area contributed by atoms with Crippen LogP contribution in [0, 0.1) is 24.0 Å². The number of rotatable bonds is 5. The van der Waals surface area contributed by atoms with Crippen LogP contribution in [0.2, 0.25) is 0 Å². The number of nitro groups is 1. The molecule has 0 aliphatic heterocycles. The molecule has 2 aromatic carbocycles. The van der Waals surface area contributed by atoms with E-state index in [-0.39, 0.29) is 10.6 Å². The Kier molecular flexibility index (Phi) is 4.82. The fraction of sp³-hybridized carbons (Fsp3) is 0.250. The van der Waals surface area contributed by atoms with Gasteiger partial charge in [-0.25, -0.2) is 13.1 Å². The Morgan fingerprint density at radius 1 is 1.09 bits per heavy atom. The number of nitro benzene ring substituents is 1. The van der Waals surface area contributed by atoms with Gasteiger partial charge in [0.25, 0.3) is 5.69 Å². The summed E-state index contributed by atoms with van der Waals surface area (Å²) < 4.78 is 27.7. The van der Waals surface area contributed by atoms with E-state index in [4.69, 9.17) is 0 Å². The molecule has 0 amide bonds. The topological polar surface area (TPSA) is 89.3 Å². The minimum absolute atomic E-state index is 0.0781. The van der Waals surface area contributed by atoms with Crippen LogP contribution < -0.4 is 4.72 Å². The minimum atomic E-state index is -3.86. The molecule has 0 heterocycles. The van der Waals surface area contributed by atoms with E-state index in [1.807, 2.05) is 31.2 Å². The first-order chi connectivity index (χ1) is 10.7. The van der Waals surface area contributed by atoms with Crippen molar-refractivity contribution in [2.75, 3.05) is 0 Å². The van der Waals surface area contributed by atoms with Gasteiger partial charge in [0, 0.05) is 18.2 Å². The Balaban J connectivity index is 2.33. The summed E-state index contributed by atoms with van der Waals surface area (Å²) in [5.74, 6) is 0. The Labute approximate surface area is 135 Å². The molecular formula is C16H18N2O4S. The fourth-order valence-electron chi connectivity index (χ4n) is 2.21. The maximum Gasteiger partial charge on any atom is 0.270 e. The zero-order valence-electron chi connectivity index (χ0n) is 13.1. The molecule has 1 N–H and O–H groups in total. The minimum Gasteiger partial charge on any atom is -0.258 e. The molecule has 2 aromatic rings. The van der Waals surface area contributed by atoms with Gasteiger partial charge in [-0.2, -0.15) is 0 Å². The van der Waals surface area contributed by atoms with Gasteiger partial charge >= 0.3 is 0 Å². The van der Waals surface area contributed by atoms with E-state index in [2.05, 4.69) is 4.72 Å². The average molecular weight is 334 g/mol. The second-order valence-corrected chi connectivity index (χ2v) is 7.14. The van der Waals surface area contributed by atoms with Crippen molar-refractivity contribution < 1.29 is 13.3 Å². The van der Waals surface area contributed by atoms with Gasteiger partial charge in [-0.1, -0.05) is 35.9 Å². The molecule has 122 valence electrons. The Morgan fingerprint density at radius 3 is 2.26 bits per heavy atom. The molecule has 0 saturated heterocycles. The van der Waals surface area contributed by atoms with Crippen LogP contribution in [-0.2, 0) is 10.0 Å². The Hall–Kier alpha value is -2.25. The van der Waals surface area contributed by atoms with Crippen LogP contribution in [0.4, 0.5) is 5.69 Å². The average Bonchev–Trinajstić information content (AvgIpc) is 2.47. The smallest absolute Gasteiger partial charge is 0.258 e. The lowest BCUT2D eigenvalue weighted by Gasteiger charge is -2.16. The summed E-state index contributed by atoms with van der Waals surface area (Å²) in [6.07, 6.45) is 0. The predicted octanol–water partition coefficient (Wildman–Crippen LogP) is 3.25. The number of aryl methyl sites for hydroxylation is 2. The number of non-ortho nitro benzene ring substituents is 1. The van der Waals surface area contributed by atoms with Crippen molar-refractivity contribution in [2.45, 2.75) is 31.7 Å². The van der Waals surface area contributed by atoms with Gasteiger partial charge in [0.2, 0.25) is 10.0 Å². The van der Waals surface area contributed by atoms with Crippen LogP contribution in [0.5, 0.6) is 0 Å². The largest absolute Gasteiger partial charge is 0.270 e. The monoisotopic (exact) mass is 334 g/mol. The van der Waals surface area contributed by atoms with E-state index in [1.165, 1.54) is 12.1 Å². The van der Waals surface area contributed by atoms with Crippen molar-refractivity contribution in [3.8, 4) is 0 Å². The first kappa shape index (κ1) is 17.1. The number of sulfonamides is 1. The molecule has 0 aliphatic rings. The summed E-state index contributed by atoms with van der Waals surface area (Å²) in [5.41, 5.74) is 2.11. The molecule has 0 bridgehead atoms. The molecule has 0 fully saturated rings. The maximum absolute atomic E-state index is 12.5. The second-order valence-electron chi connectivity index (χ2n) is 5.46. The Bertz CT molecular complexity index is 830. The molecule has 23 heavy (non-hydrogen) atoms. The molecule has 0 spiro atoms. The van der Waals surface area contributed by atoms with Crippen molar-refractivity contribution in [1.82, 2.24) is 4.72 Å². The van der Waals surface area contributed by atoms with Crippen LogP contribution in [0.25, 0.3) is 0 Å². The van der Waals surface area contributed by atoms with E-state index in [9.17, 15) is 18.5 Å². The Morgan fingerprint density at radius 2 is 1.70 bits per heavy atom. The molecule has 0 saturated carbocycles. The third-order valence-corrected chi connectivity index (χ3v) is 5.26. The molecule has 2 rings (SSSR count). The van der Waals surface area contributed by atoms with Gasteiger partial charge in [0.15, 0.2) is 0 Å². The van der Waals surface area contributed by atoms with E-state index < -0.39 is 21.0 Å². The van der Waals surface area contributed by atoms with Gasteiger partial charge in [-0.15, -0.1) is 0 Å². The molecule has 7 heteroatoms. The lowest BCUT2D eigenvalue weighted by Crippen LogP contribution is -2.27. The van der Waals surface area contributed by atoms with Crippen LogP contribution in [0.1, 0.15) is 29.7 Å². The normalized spacial score (nSPS) is 12.8. The van der Waals surface area contributed by atoms with Crippen molar-refractivity contribution in [3.05, 3.63) is 69.3 Å². The summed E-state index contributed by atoms with van der Waals surface area (Å²) >= 11 is 0. The van der Waals surface area contributed by atoms with Gasteiger partial charge in [0.1, 0.15) is 0 Å². The highest BCUT2D eigenvalue weighted by molar-refractivity contribution is 7.89. The summed E-state index contributed by atoms with van der Waals surface area (Å²) in [6.45, 7) is 5.29. The SMILES string of the molecule is Cc1ccc([C@@H](C)NS(=O)(=O)c2cc([N+](=O)[O-])ccc2C)cc1. The standard InChI is InChI=1S/C16H18N2O4S/c1-11-4-7-14(8-5-11)13(3)17-23(21,22)16-10-15(18(19)20)9-6-12(16)2/h4-10,13,17H,1-3H3/t13-/m1/s1. The van der Waals surface area contributed by atoms with Crippen molar-refractivity contribution >= 4 is 15.7 Å². The van der Waals surface area contributed by atoms with E-state index in [0.29, 0.717) is 5.56 Å². The van der Waals surface area contributed by atoms with Crippen LogP contribution in [0.15, 0.2) is 47.4 Å². The van der Waals surface area contributed by atoms with Crippen molar-refractivity contribution in [2.24, 2.45) is 0 Å². The summed E-state index contributed by atoms with van der Waals surface area (Å²) in [6, 6.07) is 10.9. The lowest BCUT2D eigenvalue weighted by atomic mass is 10.1. The van der Waals surface area contributed by atoms with Crippen molar-refractivity contribution in [1.29, 1.82) is 0 Å². The molecule has 0 radical (unpaired) electrons. The highest BCUT2D eigenvalue weighted by atomic mass is 32.2. The van der Waals surface area contributed by atoms with Crippen LogP contribution in [-0.4, -0.2) is 13.3 Å². The van der Waals surface area contributed by atoms with Crippen LogP contribution >= 0.6 is 0 Å². The van der Waals surface area contributed by atoms with Crippen molar-refractivity contribution in [3.63, 3.8) is 0 Å². The summed E-state index contributed by atoms with van der Waals surface area (Å²) in [5, 5.41) is 10.9. The lowest BCUT2D eigenvalue weighted by molar-refractivity contribution is -0.385. The second kappa shape index (κ2) is 6.47. The molecule has 6 nitrogen and oxygen atoms in total. The van der Waals surface area contributed by atoms with E-state index in [1.54, 1.807) is 13.8 Å². The molecular weight excluding hydrogens is 316 g/mol. The third kappa shape index (κ3) is 3.94. The number of nitrogens with zero attached hydrogens (tertiary/aromatic N) is 1. The molecule has 1 atom stereocenters. The maximum atomic E-state index is 12.5. The van der Waals surface area contributed by atoms with E-state index in [0.717, 1.165) is 17.2 Å². The zero-order chi connectivity index (χ0) is 17.2. The number of hydrogen-bond acceptors (Lipinski definition) is 4. The summed E-state index contributed by atoms with van der Waals surface area (Å²) in [4.78, 5) is 10.2. The molecule has 0 unspecified atom stereocenters. The third-order valence-electron chi connectivity index (χ3n) is 3.58. The fourth-order valence-corrected chi connectivity index (χ4v) is 3.71. The van der Waals surface area contributed by atoms with Gasteiger partial charge in [-0.05, 0) is 31.9 Å². The first-order valence-corrected chi connectivity index (χ1v) is 8.53. The summed E-state index contributed by atoms with van der Waals surface area (Å²) in [7, 11) is -3.86. The molecule has 0 aromatic heterocycles. The molecule has 0 aliphatic carbocycles. The number of hydrogen-bond donors (Lipinski definition) is 1. The quantitative estimate of drug-likeness (QED) is 0.671. The van der Waals surface area contributed by atoms with E-state index >= 15 is 0 Å². The highest BCUT2D eigenvalue weighted by Crippen LogP contribution is 2.23. The van der Waals surface area contributed by atoms with Gasteiger partial charge in [0.05, 0.1) is 9.82 Å². The van der Waals surface area contributed by atoms with Gasteiger partial charge in [-0.3, -0.25) is 10.1 Å².